The number of hydrogen-bond donors (Lipinski definition) is 2. The summed E-state index contributed by atoms with van der Waals surface area (Å²) in [4.78, 5) is 6.88. The van der Waals surface area contributed by atoms with Gasteiger partial charge in [-0.05, 0) is 43.4 Å². The predicted octanol–water partition coefficient (Wildman–Crippen LogP) is 4.04. The van der Waals surface area contributed by atoms with Crippen molar-refractivity contribution in [2.24, 2.45) is 4.99 Å². The number of piperidine rings is 1. The molecule has 0 radical (unpaired) electrons. The number of hydrogen-bond acceptors (Lipinski definition) is 4. The summed E-state index contributed by atoms with van der Waals surface area (Å²) in [6, 6.07) is 11.6. The molecular weight excluding hydrogens is 362 g/mol. The lowest BCUT2D eigenvalue weighted by atomic mass is 10.0. The standard InChI is InChI=1S/C23H35N5O/c1-17(2)22-13-21(29-27-22)15-26-23(24-4)25-14-19-8-10-20(11-9-19)16-28-12-6-5-7-18(28)3/h8-11,13,17-18H,5-7,12,14-16H2,1-4H3,(H2,24,25,26). The van der Waals surface area contributed by atoms with E-state index < -0.39 is 0 Å². The molecule has 29 heavy (non-hydrogen) atoms. The van der Waals surface area contributed by atoms with Gasteiger partial charge in [-0.1, -0.05) is 49.7 Å². The molecule has 2 heterocycles. The fourth-order valence-electron chi connectivity index (χ4n) is 3.65. The van der Waals surface area contributed by atoms with Gasteiger partial charge in [-0.2, -0.15) is 0 Å². The van der Waals surface area contributed by atoms with Crippen molar-refractivity contribution in [1.29, 1.82) is 0 Å². The summed E-state index contributed by atoms with van der Waals surface area (Å²) in [5.74, 6) is 1.93. The highest BCUT2D eigenvalue weighted by atomic mass is 16.5. The first-order valence-electron chi connectivity index (χ1n) is 10.8. The molecule has 6 heteroatoms. The van der Waals surface area contributed by atoms with Gasteiger partial charge in [0.15, 0.2) is 11.7 Å². The molecule has 3 rings (SSSR count). The number of guanidine groups is 1. The van der Waals surface area contributed by atoms with E-state index in [0.29, 0.717) is 18.5 Å². The molecule has 0 amide bonds. The molecule has 0 aliphatic carbocycles. The van der Waals surface area contributed by atoms with E-state index in [1.807, 2.05) is 6.07 Å². The van der Waals surface area contributed by atoms with Gasteiger partial charge in [0.2, 0.25) is 0 Å². The lowest BCUT2D eigenvalue weighted by Gasteiger charge is -2.33. The first-order chi connectivity index (χ1) is 14.0. The third kappa shape index (κ3) is 6.32. The number of nitrogens with zero attached hydrogens (tertiary/aromatic N) is 3. The first kappa shape index (κ1) is 21.4. The van der Waals surface area contributed by atoms with Crippen molar-refractivity contribution in [1.82, 2.24) is 20.7 Å². The minimum atomic E-state index is 0.367. The summed E-state index contributed by atoms with van der Waals surface area (Å²) < 4.78 is 5.37. The Balaban J connectivity index is 1.45. The SMILES string of the molecule is CN=C(NCc1ccc(CN2CCCCC2C)cc1)NCc1cc(C(C)C)no1. The lowest BCUT2D eigenvalue weighted by molar-refractivity contribution is 0.152. The topological polar surface area (TPSA) is 65.7 Å². The van der Waals surface area contributed by atoms with Gasteiger partial charge in [0, 0.05) is 32.2 Å². The molecule has 1 aliphatic rings. The molecule has 0 saturated carbocycles. The summed E-state index contributed by atoms with van der Waals surface area (Å²) in [6.45, 7) is 10.1. The molecule has 2 aromatic rings. The van der Waals surface area contributed by atoms with E-state index in [2.05, 4.69) is 70.7 Å². The molecule has 158 valence electrons. The maximum atomic E-state index is 5.37. The van der Waals surface area contributed by atoms with Crippen molar-refractivity contribution in [2.45, 2.75) is 71.6 Å². The Hall–Kier alpha value is -2.34. The minimum absolute atomic E-state index is 0.367. The highest BCUT2D eigenvalue weighted by molar-refractivity contribution is 5.79. The second-order valence-electron chi connectivity index (χ2n) is 8.28. The molecule has 1 aromatic carbocycles. The van der Waals surface area contributed by atoms with Crippen LogP contribution in [-0.4, -0.2) is 35.7 Å². The van der Waals surface area contributed by atoms with Crippen LogP contribution in [0.1, 0.15) is 68.5 Å². The number of aromatic nitrogens is 1. The van der Waals surface area contributed by atoms with Crippen LogP contribution in [0.2, 0.25) is 0 Å². The summed E-state index contributed by atoms with van der Waals surface area (Å²) in [7, 11) is 1.78. The van der Waals surface area contributed by atoms with Gasteiger partial charge >= 0.3 is 0 Å². The molecule has 1 atom stereocenters. The summed E-state index contributed by atoms with van der Waals surface area (Å²) in [5.41, 5.74) is 3.60. The van der Waals surface area contributed by atoms with Crippen molar-refractivity contribution in [3.05, 3.63) is 52.9 Å². The maximum Gasteiger partial charge on any atom is 0.191 e. The van der Waals surface area contributed by atoms with Gasteiger partial charge in [0.1, 0.15) is 0 Å². The molecule has 6 nitrogen and oxygen atoms in total. The fraction of sp³-hybridized carbons (Fsp3) is 0.565. The largest absolute Gasteiger partial charge is 0.359 e. The van der Waals surface area contributed by atoms with Crippen LogP contribution in [0, 0.1) is 0 Å². The zero-order valence-electron chi connectivity index (χ0n) is 18.2. The summed E-state index contributed by atoms with van der Waals surface area (Å²) >= 11 is 0. The van der Waals surface area contributed by atoms with E-state index in [1.165, 1.54) is 36.9 Å². The molecule has 1 aliphatic heterocycles. The van der Waals surface area contributed by atoms with Crippen molar-refractivity contribution < 1.29 is 4.52 Å². The molecule has 1 saturated heterocycles. The number of nitrogens with one attached hydrogen (secondary N) is 2. The summed E-state index contributed by atoms with van der Waals surface area (Å²) in [6.07, 6.45) is 4.01. The molecule has 0 spiro atoms. The van der Waals surface area contributed by atoms with Crippen LogP contribution in [0.4, 0.5) is 0 Å². The van der Waals surface area contributed by atoms with Gasteiger partial charge in [-0.3, -0.25) is 9.89 Å². The van der Waals surface area contributed by atoms with Gasteiger partial charge in [-0.25, -0.2) is 0 Å². The van der Waals surface area contributed by atoms with Crippen molar-refractivity contribution in [2.75, 3.05) is 13.6 Å². The van der Waals surface area contributed by atoms with Crippen LogP contribution in [0.15, 0.2) is 39.8 Å². The normalized spacial score (nSPS) is 18.2. The molecule has 1 aromatic heterocycles. The van der Waals surface area contributed by atoms with Gasteiger partial charge in [0.25, 0.3) is 0 Å². The third-order valence-corrected chi connectivity index (χ3v) is 5.63. The van der Waals surface area contributed by atoms with E-state index in [0.717, 1.165) is 30.5 Å². The Morgan fingerprint density at radius 3 is 2.55 bits per heavy atom. The second kappa shape index (κ2) is 10.4. The average molecular weight is 398 g/mol. The first-order valence-corrected chi connectivity index (χ1v) is 10.8. The number of benzene rings is 1. The Kier molecular flexibility index (Phi) is 7.69. The number of likely N-dealkylation sites (tertiary alicyclic amines) is 1. The van der Waals surface area contributed by atoms with Crippen molar-refractivity contribution in [3.63, 3.8) is 0 Å². The quantitative estimate of drug-likeness (QED) is 0.545. The van der Waals surface area contributed by atoms with Crippen LogP contribution in [-0.2, 0) is 19.6 Å². The fourth-order valence-corrected chi connectivity index (χ4v) is 3.65. The molecular formula is C23H35N5O. The van der Waals surface area contributed by atoms with Gasteiger partial charge in [0.05, 0.1) is 12.2 Å². The second-order valence-corrected chi connectivity index (χ2v) is 8.28. The van der Waals surface area contributed by atoms with Crippen LogP contribution >= 0.6 is 0 Å². The van der Waals surface area contributed by atoms with E-state index in [4.69, 9.17) is 4.52 Å². The van der Waals surface area contributed by atoms with Crippen LogP contribution < -0.4 is 10.6 Å². The van der Waals surface area contributed by atoms with Gasteiger partial charge < -0.3 is 15.2 Å². The van der Waals surface area contributed by atoms with Crippen molar-refractivity contribution >= 4 is 5.96 Å². The highest BCUT2D eigenvalue weighted by Gasteiger charge is 2.17. The van der Waals surface area contributed by atoms with Gasteiger partial charge in [-0.15, -0.1) is 0 Å². The summed E-state index contributed by atoms with van der Waals surface area (Å²) in [5, 5.41) is 10.7. The molecule has 2 N–H and O–H groups in total. The van der Waals surface area contributed by atoms with E-state index in [1.54, 1.807) is 7.05 Å². The molecule has 1 fully saturated rings. The molecule has 0 bridgehead atoms. The Morgan fingerprint density at radius 1 is 1.17 bits per heavy atom. The Morgan fingerprint density at radius 2 is 1.90 bits per heavy atom. The van der Waals surface area contributed by atoms with Crippen LogP contribution in [0.25, 0.3) is 0 Å². The maximum absolute atomic E-state index is 5.37. The monoisotopic (exact) mass is 397 g/mol. The highest BCUT2D eigenvalue weighted by Crippen LogP contribution is 2.19. The Bertz CT molecular complexity index is 781. The van der Waals surface area contributed by atoms with E-state index in [9.17, 15) is 0 Å². The average Bonchev–Trinajstić information content (AvgIpc) is 3.20. The minimum Gasteiger partial charge on any atom is -0.359 e. The zero-order chi connectivity index (χ0) is 20.6. The lowest BCUT2D eigenvalue weighted by Crippen LogP contribution is -2.36. The van der Waals surface area contributed by atoms with E-state index in [-0.39, 0.29) is 0 Å². The van der Waals surface area contributed by atoms with E-state index >= 15 is 0 Å². The number of rotatable bonds is 7. The zero-order valence-corrected chi connectivity index (χ0v) is 18.2. The number of aliphatic imine (C=N–C) groups is 1. The van der Waals surface area contributed by atoms with Crippen molar-refractivity contribution in [3.8, 4) is 0 Å². The predicted molar refractivity (Wildman–Crippen MR) is 118 cm³/mol. The molecule has 1 unspecified atom stereocenters. The van der Waals surface area contributed by atoms with Crippen LogP contribution in [0.5, 0.6) is 0 Å². The smallest absolute Gasteiger partial charge is 0.191 e. The van der Waals surface area contributed by atoms with Crippen LogP contribution in [0.3, 0.4) is 0 Å². The third-order valence-electron chi connectivity index (χ3n) is 5.63. The Labute approximate surface area is 174 Å².